The highest BCUT2D eigenvalue weighted by Crippen LogP contribution is 2.18. The molecule has 0 heterocycles. The van der Waals surface area contributed by atoms with Crippen molar-refractivity contribution in [3.8, 4) is 0 Å². The van der Waals surface area contributed by atoms with E-state index in [-0.39, 0.29) is 18.4 Å². The van der Waals surface area contributed by atoms with Crippen LogP contribution in [0.15, 0.2) is 0 Å². The number of esters is 1. The lowest BCUT2D eigenvalue weighted by Gasteiger charge is -2.16. The molecule has 1 saturated carbocycles. The van der Waals surface area contributed by atoms with Crippen LogP contribution in [-0.2, 0) is 19.1 Å². The van der Waals surface area contributed by atoms with Gasteiger partial charge in [-0.1, -0.05) is 0 Å². The summed E-state index contributed by atoms with van der Waals surface area (Å²) in [6.07, 6.45) is 3.32. The van der Waals surface area contributed by atoms with Gasteiger partial charge in [0.1, 0.15) is 6.04 Å². The summed E-state index contributed by atoms with van der Waals surface area (Å²) >= 11 is 0. The minimum Gasteiger partial charge on any atom is -0.467 e. The van der Waals surface area contributed by atoms with E-state index < -0.39 is 12.0 Å². The maximum atomic E-state index is 11.4. The van der Waals surface area contributed by atoms with Crippen LogP contribution in [0.25, 0.3) is 0 Å². The standard InChI is InChI=1S/C13H23N3O4/c1-9(17)15-11(13(19)20-2)8-14-7-3-4-12(18)16-10-5-6-10/h10-11,14H,3-8H2,1-2H3,(H,15,17)(H,16,18). The van der Waals surface area contributed by atoms with Gasteiger partial charge >= 0.3 is 5.97 Å². The summed E-state index contributed by atoms with van der Waals surface area (Å²) in [5, 5.41) is 8.45. The second-order valence-corrected chi connectivity index (χ2v) is 4.93. The van der Waals surface area contributed by atoms with E-state index in [9.17, 15) is 14.4 Å². The van der Waals surface area contributed by atoms with Gasteiger partial charge in [-0.25, -0.2) is 4.79 Å². The van der Waals surface area contributed by atoms with Gasteiger partial charge in [-0.3, -0.25) is 9.59 Å². The van der Waals surface area contributed by atoms with Crippen LogP contribution in [0.3, 0.4) is 0 Å². The summed E-state index contributed by atoms with van der Waals surface area (Å²) in [4.78, 5) is 33.8. The van der Waals surface area contributed by atoms with Gasteiger partial charge in [0.2, 0.25) is 11.8 Å². The Balaban J connectivity index is 2.11. The second kappa shape index (κ2) is 8.52. The van der Waals surface area contributed by atoms with Crippen LogP contribution in [0.2, 0.25) is 0 Å². The maximum Gasteiger partial charge on any atom is 0.329 e. The molecule has 114 valence electrons. The number of rotatable bonds is 9. The second-order valence-electron chi connectivity index (χ2n) is 4.93. The minimum absolute atomic E-state index is 0.0701. The third-order valence-corrected chi connectivity index (χ3v) is 2.91. The van der Waals surface area contributed by atoms with E-state index in [1.807, 2.05) is 0 Å². The van der Waals surface area contributed by atoms with Crippen LogP contribution in [-0.4, -0.2) is 50.1 Å². The molecule has 0 radical (unpaired) electrons. The molecule has 0 bridgehead atoms. The fourth-order valence-corrected chi connectivity index (χ4v) is 1.73. The van der Waals surface area contributed by atoms with Gasteiger partial charge in [0.15, 0.2) is 0 Å². The van der Waals surface area contributed by atoms with Crippen molar-refractivity contribution in [2.75, 3.05) is 20.2 Å². The quantitative estimate of drug-likeness (QED) is 0.385. The van der Waals surface area contributed by atoms with Crippen molar-refractivity contribution < 1.29 is 19.1 Å². The molecular weight excluding hydrogens is 262 g/mol. The molecule has 3 N–H and O–H groups in total. The monoisotopic (exact) mass is 285 g/mol. The van der Waals surface area contributed by atoms with E-state index in [0.29, 0.717) is 25.4 Å². The van der Waals surface area contributed by atoms with Crippen molar-refractivity contribution in [2.45, 2.75) is 44.7 Å². The molecule has 1 atom stereocenters. The van der Waals surface area contributed by atoms with Crippen LogP contribution < -0.4 is 16.0 Å². The molecule has 0 saturated heterocycles. The molecule has 2 amide bonds. The molecule has 1 rings (SSSR count). The predicted molar refractivity (Wildman–Crippen MR) is 72.9 cm³/mol. The molecule has 20 heavy (non-hydrogen) atoms. The van der Waals surface area contributed by atoms with E-state index in [0.717, 1.165) is 12.8 Å². The summed E-state index contributed by atoms with van der Waals surface area (Å²) in [6, 6.07) is -0.309. The Kier molecular flexibility index (Phi) is 7.00. The first kappa shape index (κ1) is 16.4. The van der Waals surface area contributed by atoms with Crippen molar-refractivity contribution in [3.63, 3.8) is 0 Å². The first-order valence-corrected chi connectivity index (χ1v) is 6.88. The maximum absolute atomic E-state index is 11.4. The van der Waals surface area contributed by atoms with Gasteiger partial charge in [-0.15, -0.1) is 0 Å². The zero-order valence-electron chi connectivity index (χ0n) is 12.0. The predicted octanol–water partition coefficient (Wildman–Crippen LogP) is -0.687. The molecule has 0 spiro atoms. The number of methoxy groups -OCH3 is 1. The van der Waals surface area contributed by atoms with E-state index in [4.69, 9.17) is 0 Å². The first-order valence-electron chi connectivity index (χ1n) is 6.88. The molecular formula is C13H23N3O4. The SMILES string of the molecule is COC(=O)C(CNCCCC(=O)NC1CC1)NC(C)=O. The fourth-order valence-electron chi connectivity index (χ4n) is 1.73. The number of hydrogen-bond donors (Lipinski definition) is 3. The van der Waals surface area contributed by atoms with Gasteiger partial charge in [-0.2, -0.15) is 0 Å². The van der Waals surface area contributed by atoms with Crippen LogP contribution in [0.5, 0.6) is 0 Å². The molecule has 7 heteroatoms. The lowest BCUT2D eigenvalue weighted by molar-refractivity contribution is -0.144. The minimum atomic E-state index is -0.696. The smallest absolute Gasteiger partial charge is 0.329 e. The number of nitrogens with one attached hydrogen (secondary N) is 3. The highest BCUT2D eigenvalue weighted by atomic mass is 16.5. The van der Waals surface area contributed by atoms with Gasteiger partial charge in [0.25, 0.3) is 0 Å². The average Bonchev–Trinajstić information content (AvgIpc) is 3.19. The van der Waals surface area contributed by atoms with E-state index in [1.54, 1.807) is 0 Å². The molecule has 0 aromatic rings. The van der Waals surface area contributed by atoms with Gasteiger partial charge in [0, 0.05) is 25.9 Å². The van der Waals surface area contributed by atoms with Gasteiger partial charge in [-0.05, 0) is 25.8 Å². The number of ether oxygens (including phenoxy) is 1. The Labute approximate surface area is 118 Å². The van der Waals surface area contributed by atoms with E-state index >= 15 is 0 Å². The molecule has 1 aliphatic carbocycles. The van der Waals surface area contributed by atoms with E-state index in [2.05, 4.69) is 20.7 Å². The molecule has 0 aromatic heterocycles. The van der Waals surface area contributed by atoms with Crippen molar-refractivity contribution >= 4 is 17.8 Å². The van der Waals surface area contributed by atoms with Crippen molar-refractivity contribution in [1.82, 2.24) is 16.0 Å². The molecule has 7 nitrogen and oxygen atoms in total. The van der Waals surface area contributed by atoms with Crippen molar-refractivity contribution in [3.05, 3.63) is 0 Å². The number of carbonyl (C=O) groups excluding carboxylic acids is 3. The normalized spacial score (nSPS) is 15.3. The highest BCUT2D eigenvalue weighted by Gasteiger charge is 2.23. The number of hydrogen-bond acceptors (Lipinski definition) is 5. The van der Waals surface area contributed by atoms with Gasteiger partial charge in [0.05, 0.1) is 7.11 Å². The average molecular weight is 285 g/mol. The molecule has 1 aliphatic rings. The van der Waals surface area contributed by atoms with Crippen LogP contribution in [0, 0.1) is 0 Å². The summed E-state index contributed by atoms with van der Waals surface area (Å²) < 4.78 is 4.60. The fraction of sp³-hybridized carbons (Fsp3) is 0.769. The zero-order chi connectivity index (χ0) is 15.0. The number of amides is 2. The topological polar surface area (TPSA) is 96.5 Å². The highest BCUT2D eigenvalue weighted by molar-refractivity contribution is 5.83. The molecule has 1 fully saturated rings. The Morgan fingerprint density at radius 3 is 2.55 bits per heavy atom. The summed E-state index contributed by atoms with van der Waals surface area (Å²) in [5.41, 5.74) is 0. The van der Waals surface area contributed by atoms with Crippen LogP contribution >= 0.6 is 0 Å². The summed E-state index contributed by atoms with van der Waals surface area (Å²) in [7, 11) is 1.28. The first-order chi connectivity index (χ1) is 9.52. The van der Waals surface area contributed by atoms with Crippen LogP contribution in [0.1, 0.15) is 32.6 Å². The Hall–Kier alpha value is -1.63. The lowest BCUT2D eigenvalue weighted by atomic mass is 10.2. The Bertz CT molecular complexity index is 356. The third-order valence-electron chi connectivity index (χ3n) is 2.91. The summed E-state index contributed by atoms with van der Waals surface area (Å²) in [6.45, 7) is 2.24. The van der Waals surface area contributed by atoms with Crippen molar-refractivity contribution in [2.24, 2.45) is 0 Å². The largest absolute Gasteiger partial charge is 0.467 e. The third kappa shape index (κ3) is 7.08. The Morgan fingerprint density at radius 1 is 1.30 bits per heavy atom. The van der Waals surface area contributed by atoms with E-state index in [1.165, 1.54) is 14.0 Å². The van der Waals surface area contributed by atoms with Crippen LogP contribution in [0.4, 0.5) is 0 Å². The molecule has 1 unspecified atom stereocenters. The zero-order valence-corrected chi connectivity index (χ0v) is 12.0. The van der Waals surface area contributed by atoms with Gasteiger partial charge < -0.3 is 20.7 Å². The number of carbonyl (C=O) groups is 3. The molecule has 0 aliphatic heterocycles. The Morgan fingerprint density at radius 2 is 2.00 bits per heavy atom. The van der Waals surface area contributed by atoms with Crippen molar-refractivity contribution in [1.29, 1.82) is 0 Å². The summed E-state index contributed by atoms with van der Waals surface area (Å²) in [5.74, 6) is -0.703. The lowest BCUT2D eigenvalue weighted by Crippen LogP contribution is -2.47. The molecule has 0 aromatic carbocycles.